The van der Waals surface area contributed by atoms with E-state index in [4.69, 9.17) is 4.74 Å². The number of benzene rings is 3. The molecule has 7 nitrogen and oxygen atoms in total. The Bertz CT molecular complexity index is 4480. The van der Waals surface area contributed by atoms with Crippen molar-refractivity contribution < 1.29 is 300 Å². The minimum atomic E-state index is -10.3. The zero-order valence-electron chi connectivity index (χ0n) is 63.3. The molecule has 0 aliphatic carbocycles. The van der Waals surface area contributed by atoms with E-state index in [0.717, 1.165) is 13.8 Å². The molecule has 780 valence electrons. The van der Waals surface area contributed by atoms with E-state index in [1.54, 1.807) is 0 Å². The standard InChI is InChI=1S/C64H39F63N2O5Si/c1-3-29-30(33(131)133-4-2)31(27-10-9-24-7-5-6-8-26(24)23-27)128-34(132)129(29)18-19-134-32(130)25-11-13-28(14-12-25)135(20-15-35(65,66)38(71,72)41(77,78)44(83,84)47(89,90)50(95,96)53(101,102)56(107,108)59(113,114)62(119,120)121,21-16-36(67,68)39(73,74)42(79,80)45(85,86)48(91,92)51(97,98)54(103,104)57(109,110)60(115,116)63(122,123)124)22-17-37(69,70)40(75,76)43(81,82)46(87,88)49(93,94)52(99,100)55(105,106)58(111,112)61(117,118)64(125,126)127/h5-14,23,31H,3-4,15-22H2,1-2H3,(H,128,132). The van der Waals surface area contributed by atoms with Crippen LogP contribution >= 0.6 is 0 Å². The molecule has 3 aromatic carbocycles. The van der Waals surface area contributed by atoms with E-state index >= 15 is 105 Å². The third kappa shape index (κ3) is 17.2. The number of esters is 2. The second-order valence-corrected chi connectivity index (χ2v) is 33.1. The van der Waals surface area contributed by atoms with Crippen molar-refractivity contribution in [1.29, 1.82) is 0 Å². The smallest absolute Gasteiger partial charge is 0.460 e. The normalized spacial score (nSPS) is 17.1. The number of urea groups is 1. The van der Waals surface area contributed by atoms with Gasteiger partial charge in [-0.1, -0.05) is 60.6 Å². The Labute approximate surface area is 703 Å². The number of alkyl halides is 63. The number of rotatable bonds is 42. The van der Waals surface area contributed by atoms with Gasteiger partial charge < -0.3 is 14.8 Å². The number of hydrogen-bond acceptors (Lipinski definition) is 5. The van der Waals surface area contributed by atoms with Gasteiger partial charge in [0.2, 0.25) is 0 Å². The Balaban J connectivity index is 2.24. The molecule has 0 spiro atoms. The molecular weight excluding hydrogens is 2100 g/mol. The van der Waals surface area contributed by atoms with Gasteiger partial charge in [0.1, 0.15) is 6.61 Å². The Morgan fingerprint density at radius 1 is 0.311 bits per heavy atom. The maximum Gasteiger partial charge on any atom is 0.460 e. The van der Waals surface area contributed by atoms with Gasteiger partial charge in [0.15, 0.2) is 0 Å². The van der Waals surface area contributed by atoms with Crippen molar-refractivity contribution in [2.75, 3.05) is 19.8 Å². The van der Waals surface area contributed by atoms with Gasteiger partial charge in [-0.05, 0) is 66.0 Å². The zero-order valence-corrected chi connectivity index (χ0v) is 64.3. The van der Waals surface area contributed by atoms with Crippen LogP contribution in [0.1, 0.15) is 61.5 Å². The lowest BCUT2D eigenvalue weighted by Gasteiger charge is -2.45. The summed E-state index contributed by atoms with van der Waals surface area (Å²) < 4.78 is 926. The number of nitrogens with one attached hydrogen (secondary N) is 1. The first-order valence-electron chi connectivity index (χ1n) is 34.2. The Hall–Kier alpha value is -8.32. The van der Waals surface area contributed by atoms with Gasteiger partial charge >= 0.3 is 196 Å². The van der Waals surface area contributed by atoms with Crippen LogP contribution in [0.2, 0.25) is 18.1 Å². The van der Waals surface area contributed by atoms with Crippen LogP contribution in [0.15, 0.2) is 78.0 Å². The molecule has 1 aliphatic heterocycles. The summed E-state index contributed by atoms with van der Waals surface area (Å²) in [7, 11) is -8.51. The van der Waals surface area contributed by atoms with Crippen molar-refractivity contribution in [1.82, 2.24) is 10.2 Å². The molecule has 2 amide bonds. The molecule has 1 atom stereocenters. The van der Waals surface area contributed by atoms with Crippen LogP contribution in [0.5, 0.6) is 0 Å². The summed E-state index contributed by atoms with van der Waals surface area (Å²) in [6.07, 6.45) is -41.9. The van der Waals surface area contributed by atoms with Crippen molar-refractivity contribution in [3.63, 3.8) is 0 Å². The molecule has 135 heavy (non-hydrogen) atoms. The van der Waals surface area contributed by atoms with Gasteiger partial charge in [-0.15, -0.1) is 0 Å². The number of hydrogen-bond donors (Lipinski definition) is 1. The van der Waals surface area contributed by atoms with Gasteiger partial charge in [0, 0.05) is 25.0 Å². The Kier molecular flexibility index (Phi) is 30.5. The Morgan fingerprint density at radius 3 is 0.815 bits per heavy atom. The van der Waals surface area contributed by atoms with E-state index in [1.165, 1.54) is 42.5 Å². The second-order valence-electron chi connectivity index (χ2n) is 28.5. The molecule has 1 aliphatic rings. The maximum absolute atomic E-state index is 16.1. The van der Waals surface area contributed by atoms with Gasteiger partial charge in [-0.25, -0.2) is 14.4 Å². The predicted octanol–water partition coefficient (Wildman–Crippen LogP) is 26.7. The molecule has 71 heteroatoms. The zero-order chi connectivity index (χ0) is 107. The van der Waals surface area contributed by atoms with Gasteiger partial charge in [0.25, 0.3) is 0 Å². The average Bonchev–Trinajstić information content (AvgIpc) is 0.690. The molecule has 1 N–H and O–H groups in total. The summed E-state index contributed by atoms with van der Waals surface area (Å²) in [4.78, 5) is 41.2. The average molecular weight is 2140 g/mol. The largest absolute Gasteiger partial charge is 0.463 e. The van der Waals surface area contributed by atoms with Crippen LogP contribution in [0.4, 0.5) is 281 Å². The molecule has 0 fully saturated rings. The van der Waals surface area contributed by atoms with Crippen molar-refractivity contribution in [3.8, 4) is 0 Å². The van der Waals surface area contributed by atoms with E-state index in [-0.39, 0.29) is 5.56 Å². The van der Waals surface area contributed by atoms with Crippen LogP contribution in [-0.2, 0) is 14.3 Å². The van der Waals surface area contributed by atoms with Crippen molar-refractivity contribution in [2.45, 2.75) is 242 Å². The number of ether oxygens (including phenoxy) is 2. The Morgan fingerprint density at radius 2 is 0.563 bits per heavy atom. The van der Waals surface area contributed by atoms with Gasteiger partial charge in [-0.3, -0.25) is 4.90 Å². The summed E-state index contributed by atoms with van der Waals surface area (Å²) in [5.74, 6) is -269. The number of fused-ring (bicyclic) bond motifs is 1. The highest BCUT2D eigenvalue weighted by atomic mass is 28.3. The predicted molar refractivity (Wildman–Crippen MR) is 318 cm³/mol. The van der Waals surface area contributed by atoms with Gasteiger partial charge in [0.05, 0.1) is 38.4 Å². The quantitative estimate of drug-likeness (QED) is 0.0347. The molecule has 3 aromatic rings. The molecule has 0 saturated carbocycles. The number of halogens is 63. The summed E-state index contributed by atoms with van der Waals surface area (Å²) in [6.45, 7) is -1.10. The topological polar surface area (TPSA) is 84.9 Å². The number of nitrogens with zero attached hydrogens (tertiary/aromatic N) is 1. The number of allylic oxidation sites excluding steroid dienone is 1. The van der Waals surface area contributed by atoms with Crippen molar-refractivity contribution >= 4 is 42.0 Å². The third-order valence-corrected chi connectivity index (χ3v) is 25.3. The fourth-order valence-corrected chi connectivity index (χ4v) is 16.8. The van der Waals surface area contributed by atoms with E-state index < -0.39 is 320 Å². The van der Waals surface area contributed by atoms with Crippen molar-refractivity contribution in [3.05, 3.63) is 89.1 Å². The van der Waals surface area contributed by atoms with E-state index in [2.05, 4.69) is 10.1 Å². The van der Waals surface area contributed by atoms with E-state index in [1.807, 2.05) is 0 Å². The second kappa shape index (κ2) is 34.6. The van der Waals surface area contributed by atoms with E-state index in [9.17, 15) is 186 Å². The highest BCUT2D eigenvalue weighted by Crippen LogP contribution is 2.72. The van der Waals surface area contributed by atoms with Crippen LogP contribution in [-0.4, -0.2) is 229 Å². The van der Waals surface area contributed by atoms with Gasteiger partial charge in [-0.2, -0.15) is 277 Å². The fraction of sp³-hybridized carbons (Fsp3) is 0.672. The maximum atomic E-state index is 16.1. The third-order valence-electron chi connectivity index (χ3n) is 20.1. The molecule has 0 saturated heterocycles. The monoisotopic (exact) mass is 2140 g/mol. The number of carbonyl (C=O) groups is 3. The molecule has 0 bridgehead atoms. The summed E-state index contributed by atoms with van der Waals surface area (Å²) in [5.41, 5.74) is -2.88. The lowest BCUT2D eigenvalue weighted by atomic mass is 9.86. The first-order valence-corrected chi connectivity index (χ1v) is 36.8. The summed E-state index contributed by atoms with van der Waals surface area (Å²) in [6, 6.07) is -9.57. The first kappa shape index (κ1) is 119. The van der Waals surface area contributed by atoms with Crippen LogP contribution in [0.3, 0.4) is 0 Å². The fourth-order valence-electron chi connectivity index (χ4n) is 11.9. The van der Waals surface area contributed by atoms with Crippen LogP contribution in [0, 0.1) is 0 Å². The highest BCUT2D eigenvalue weighted by molar-refractivity contribution is 6.92. The molecule has 0 aromatic heterocycles. The molecule has 1 unspecified atom stereocenters. The summed E-state index contributed by atoms with van der Waals surface area (Å²) in [5, 5.41) is 0.202. The van der Waals surface area contributed by atoms with Crippen LogP contribution < -0.4 is 10.5 Å². The van der Waals surface area contributed by atoms with E-state index in [0.29, 0.717) is 15.7 Å². The summed E-state index contributed by atoms with van der Waals surface area (Å²) >= 11 is 0. The molecule has 4 rings (SSSR count). The highest BCUT2D eigenvalue weighted by Gasteiger charge is 3.02. The first-order chi connectivity index (χ1) is 59.0. The van der Waals surface area contributed by atoms with Crippen LogP contribution in [0.25, 0.3) is 10.8 Å². The minimum absolute atomic E-state index is 0.0172. The lowest BCUT2D eigenvalue weighted by Crippen LogP contribution is -2.77. The van der Waals surface area contributed by atoms with Crippen molar-refractivity contribution in [2.24, 2.45) is 0 Å². The number of carbonyl (C=O) groups excluding carboxylic acids is 3. The molecular formula is C64H39F63N2O5Si. The molecule has 1 heterocycles. The minimum Gasteiger partial charge on any atom is -0.463 e. The molecule has 0 radical (unpaired) electrons. The lowest BCUT2D eigenvalue weighted by molar-refractivity contribution is -0.474. The SMILES string of the molecule is CCOC(=O)C1=C(CC)N(CCOC(=O)c2ccc([Si](CCC(F)(F)C(F)(F)C(F)(F)C(F)(F)C(F)(F)C(F)(F)C(F)(F)C(F)(F)C(F)(F)C(F)(F)F)(CCC(F)(F)C(F)(F)C(F)(F)C(F)(F)C(F)(F)C(F)(F)C(F)(F)C(F)(F)C(F)(F)C(F)(F)F)CCC(F)(F)C(F)(F)C(F)(F)C(F)(F)C(F)(F)C(F)(F)C(F)(F)C(F)(F)C(F)(F)C(F)(F)F)cc2)C(=O)NC1c1ccc2ccccc2c1. The number of amides is 2.